The molecule has 0 unspecified atom stereocenters. The Hall–Kier alpha value is -2.56. The summed E-state index contributed by atoms with van der Waals surface area (Å²) in [4.78, 5) is 20.3. The summed E-state index contributed by atoms with van der Waals surface area (Å²) < 4.78 is 0. The molecule has 0 atom stereocenters. The van der Waals surface area contributed by atoms with Crippen LogP contribution in [0.2, 0.25) is 0 Å². The number of amides is 1. The molecule has 5 heteroatoms. The molecule has 0 spiro atoms. The summed E-state index contributed by atoms with van der Waals surface area (Å²) in [5.74, 6) is 0.573. The lowest BCUT2D eigenvalue weighted by atomic mass is 10.0. The average Bonchev–Trinajstić information content (AvgIpc) is 2.88. The van der Waals surface area contributed by atoms with Gasteiger partial charge in [0.25, 0.3) is 0 Å². The number of aryl methyl sites for hydroxylation is 1. The van der Waals surface area contributed by atoms with Crippen molar-refractivity contribution in [3.63, 3.8) is 0 Å². The van der Waals surface area contributed by atoms with Crippen LogP contribution in [0.5, 0.6) is 0 Å². The van der Waals surface area contributed by atoms with E-state index in [-0.39, 0.29) is 12.3 Å². The minimum Gasteiger partial charge on any atom is -0.273 e. The van der Waals surface area contributed by atoms with E-state index >= 15 is 0 Å². The number of nitrogens with zero attached hydrogens (tertiary/aromatic N) is 3. The van der Waals surface area contributed by atoms with Gasteiger partial charge in [-0.2, -0.15) is 5.10 Å². The molecule has 1 N–H and O–H groups in total. The second-order valence-electron chi connectivity index (χ2n) is 4.73. The fourth-order valence-electron chi connectivity index (χ4n) is 2.28. The zero-order valence-electron chi connectivity index (χ0n) is 11.3. The van der Waals surface area contributed by atoms with Crippen molar-refractivity contribution in [3.8, 4) is 11.3 Å². The fourth-order valence-corrected chi connectivity index (χ4v) is 2.28. The highest BCUT2D eigenvalue weighted by atomic mass is 16.2. The molecule has 2 heterocycles. The number of carbonyl (C=O) groups is 1. The average molecular weight is 266 g/mol. The third kappa shape index (κ3) is 2.18. The van der Waals surface area contributed by atoms with Crippen LogP contribution in [0.4, 0.5) is 0 Å². The maximum Gasteiger partial charge on any atom is 0.246 e. The molecule has 0 bridgehead atoms. The van der Waals surface area contributed by atoms with Gasteiger partial charge in [-0.3, -0.25) is 4.79 Å². The van der Waals surface area contributed by atoms with E-state index < -0.39 is 0 Å². The molecule has 1 amide bonds. The van der Waals surface area contributed by atoms with Crippen molar-refractivity contribution >= 4 is 11.6 Å². The fraction of sp³-hybridized carbons (Fsp3) is 0.200. The number of hydrazone groups is 1. The van der Waals surface area contributed by atoms with Crippen molar-refractivity contribution in [2.24, 2.45) is 5.10 Å². The van der Waals surface area contributed by atoms with Crippen LogP contribution in [0.1, 0.15) is 23.5 Å². The summed E-state index contributed by atoms with van der Waals surface area (Å²) in [6.45, 7) is 3.81. The quantitative estimate of drug-likeness (QED) is 0.903. The van der Waals surface area contributed by atoms with Gasteiger partial charge in [0.2, 0.25) is 5.91 Å². The molecule has 1 aromatic carbocycles. The van der Waals surface area contributed by atoms with Gasteiger partial charge in [-0.05, 0) is 13.8 Å². The molecule has 20 heavy (non-hydrogen) atoms. The van der Waals surface area contributed by atoms with Gasteiger partial charge in [-0.25, -0.2) is 15.4 Å². The molecule has 1 aliphatic rings. The second-order valence-corrected chi connectivity index (χ2v) is 4.73. The lowest BCUT2D eigenvalue weighted by Crippen LogP contribution is -2.11. The minimum atomic E-state index is -0.100. The smallest absolute Gasteiger partial charge is 0.246 e. The SMILES string of the molecule is Cc1nc(C2=NNC(=O)C2)c(C)c(-c2ccccc2)n1. The number of aromatic nitrogens is 2. The monoisotopic (exact) mass is 266 g/mol. The van der Waals surface area contributed by atoms with E-state index in [2.05, 4.69) is 20.5 Å². The molecule has 2 aromatic rings. The molecule has 0 aliphatic carbocycles. The molecule has 0 fully saturated rings. The molecule has 100 valence electrons. The molecule has 5 nitrogen and oxygen atoms in total. The Morgan fingerprint density at radius 1 is 1.05 bits per heavy atom. The first-order valence-corrected chi connectivity index (χ1v) is 6.41. The second kappa shape index (κ2) is 4.85. The number of hydrogen-bond acceptors (Lipinski definition) is 4. The number of carbonyl (C=O) groups excluding carboxylic acids is 1. The highest BCUT2D eigenvalue weighted by Crippen LogP contribution is 2.24. The molecule has 3 rings (SSSR count). The van der Waals surface area contributed by atoms with Gasteiger partial charge in [0.15, 0.2) is 0 Å². The number of rotatable bonds is 2. The predicted octanol–water partition coefficient (Wildman–Crippen LogP) is 1.98. The molecule has 0 saturated heterocycles. The first kappa shape index (κ1) is 12.5. The summed E-state index contributed by atoms with van der Waals surface area (Å²) in [5.41, 5.74) is 6.75. The summed E-state index contributed by atoms with van der Waals surface area (Å²) in [5, 5.41) is 4.05. The molecule has 1 aliphatic heterocycles. The maximum absolute atomic E-state index is 11.3. The first-order valence-electron chi connectivity index (χ1n) is 6.41. The van der Waals surface area contributed by atoms with E-state index in [0.717, 1.165) is 22.5 Å². The highest BCUT2D eigenvalue weighted by Gasteiger charge is 2.21. The normalized spacial score (nSPS) is 14.1. The lowest BCUT2D eigenvalue weighted by Gasteiger charge is -2.10. The first-order chi connectivity index (χ1) is 9.65. The molecular formula is C15H14N4O. The van der Waals surface area contributed by atoms with Crippen LogP contribution in [-0.4, -0.2) is 21.6 Å². The van der Waals surface area contributed by atoms with E-state index in [9.17, 15) is 4.79 Å². The molecule has 0 radical (unpaired) electrons. The third-order valence-electron chi connectivity index (χ3n) is 3.22. The number of hydrogen-bond donors (Lipinski definition) is 1. The highest BCUT2D eigenvalue weighted by molar-refractivity contribution is 6.13. The summed E-state index contributed by atoms with van der Waals surface area (Å²) in [7, 11) is 0. The van der Waals surface area contributed by atoms with Gasteiger partial charge in [-0.1, -0.05) is 30.3 Å². The van der Waals surface area contributed by atoms with E-state index in [1.165, 1.54) is 0 Å². The van der Waals surface area contributed by atoms with Gasteiger partial charge >= 0.3 is 0 Å². The van der Waals surface area contributed by atoms with Gasteiger partial charge in [0, 0.05) is 11.1 Å². The third-order valence-corrected chi connectivity index (χ3v) is 3.22. The van der Waals surface area contributed by atoms with Crippen LogP contribution < -0.4 is 5.43 Å². The van der Waals surface area contributed by atoms with Crippen LogP contribution in [0, 0.1) is 13.8 Å². The topological polar surface area (TPSA) is 67.2 Å². The van der Waals surface area contributed by atoms with Crippen LogP contribution in [0.15, 0.2) is 35.4 Å². The zero-order valence-corrected chi connectivity index (χ0v) is 11.3. The Morgan fingerprint density at radius 2 is 1.75 bits per heavy atom. The van der Waals surface area contributed by atoms with E-state index in [0.29, 0.717) is 11.5 Å². The minimum absolute atomic E-state index is 0.100. The summed E-state index contributed by atoms with van der Waals surface area (Å²) in [6.07, 6.45) is 0.269. The van der Waals surface area contributed by atoms with Crippen molar-refractivity contribution in [3.05, 3.63) is 47.4 Å². The molecule has 1 aromatic heterocycles. The summed E-state index contributed by atoms with van der Waals surface area (Å²) >= 11 is 0. The largest absolute Gasteiger partial charge is 0.273 e. The molecular weight excluding hydrogens is 252 g/mol. The van der Waals surface area contributed by atoms with E-state index in [1.54, 1.807) is 0 Å². The van der Waals surface area contributed by atoms with Crippen LogP contribution in [0.25, 0.3) is 11.3 Å². The van der Waals surface area contributed by atoms with Gasteiger partial charge in [-0.15, -0.1) is 0 Å². The van der Waals surface area contributed by atoms with Crippen molar-refractivity contribution in [2.45, 2.75) is 20.3 Å². The standard InChI is InChI=1S/C15H14N4O/c1-9-14(11-6-4-3-5-7-11)16-10(2)17-15(9)12-8-13(20)19-18-12/h3-7H,8H2,1-2H3,(H,19,20). The lowest BCUT2D eigenvalue weighted by molar-refractivity contribution is -0.119. The Balaban J connectivity index is 2.14. The Bertz CT molecular complexity index is 707. The van der Waals surface area contributed by atoms with Crippen molar-refractivity contribution < 1.29 is 4.79 Å². The van der Waals surface area contributed by atoms with Crippen molar-refractivity contribution in [1.29, 1.82) is 0 Å². The number of nitrogens with one attached hydrogen (secondary N) is 1. The van der Waals surface area contributed by atoms with E-state index in [1.807, 2.05) is 44.2 Å². The zero-order chi connectivity index (χ0) is 14.1. The van der Waals surface area contributed by atoms with Gasteiger partial charge < -0.3 is 0 Å². The predicted molar refractivity (Wildman–Crippen MR) is 76.2 cm³/mol. The van der Waals surface area contributed by atoms with Crippen molar-refractivity contribution in [1.82, 2.24) is 15.4 Å². The van der Waals surface area contributed by atoms with Crippen molar-refractivity contribution in [2.75, 3.05) is 0 Å². The van der Waals surface area contributed by atoms with Crippen LogP contribution in [-0.2, 0) is 4.79 Å². The maximum atomic E-state index is 11.3. The Kier molecular flexibility index (Phi) is 3.02. The van der Waals surface area contributed by atoms with Gasteiger partial charge in [0.05, 0.1) is 23.5 Å². The Labute approximate surface area is 116 Å². The van der Waals surface area contributed by atoms with Crippen LogP contribution >= 0.6 is 0 Å². The van der Waals surface area contributed by atoms with Gasteiger partial charge in [0.1, 0.15) is 5.82 Å². The van der Waals surface area contributed by atoms with Crippen LogP contribution in [0.3, 0.4) is 0 Å². The Morgan fingerprint density at radius 3 is 2.40 bits per heavy atom. The summed E-state index contributed by atoms with van der Waals surface area (Å²) in [6, 6.07) is 9.95. The number of benzene rings is 1. The van der Waals surface area contributed by atoms with E-state index in [4.69, 9.17) is 0 Å². The molecule has 0 saturated carbocycles.